The Labute approximate surface area is 75.2 Å². The van der Waals surface area contributed by atoms with E-state index in [-0.39, 0.29) is 0 Å². The largest absolute Gasteiger partial charge is 0.317 e. The van der Waals surface area contributed by atoms with E-state index in [0.29, 0.717) is 5.92 Å². The molecule has 0 aromatic heterocycles. The maximum Gasteiger partial charge on any atom is 0.317 e. The Morgan fingerprint density at radius 1 is 1.77 bits per heavy atom. The van der Waals surface area contributed by atoms with Crippen molar-refractivity contribution in [2.75, 3.05) is 0 Å². The molecule has 13 heavy (non-hydrogen) atoms. The van der Waals surface area contributed by atoms with Gasteiger partial charge in [-0.05, 0) is 25.2 Å². The van der Waals surface area contributed by atoms with E-state index in [2.05, 4.69) is 5.10 Å². The van der Waals surface area contributed by atoms with E-state index in [9.17, 15) is 13.6 Å². The molecular formula is C8H12F2N2O. The van der Waals surface area contributed by atoms with Crippen LogP contribution in [0.5, 0.6) is 0 Å². The minimum absolute atomic E-state index is 0.373. The highest BCUT2D eigenvalue weighted by Crippen LogP contribution is 2.26. The summed E-state index contributed by atoms with van der Waals surface area (Å²) in [6.45, 7) is 2.01. The molecule has 0 aromatic carbocycles. The Bertz CT molecular complexity index is 226. The third-order valence-electron chi connectivity index (χ3n) is 2.22. The van der Waals surface area contributed by atoms with E-state index in [1.807, 2.05) is 12.3 Å². The summed E-state index contributed by atoms with van der Waals surface area (Å²) in [5.74, 6) is -0.952. The van der Waals surface area contributed by atoms with Crippen LogP contribution in [0.2, 0.25) is 0 Å². The van der Waals surface area contributed by atoms with Gasteiger partial charge in [0.15, 0.2) is 0 Å². The molecule has 0 saturated heterocycles. The van der Waals surface area contributed by atoms with Gasteiger partial charge in [-0.1, -0.05) is 6.92 Å². The Hall–Kier alpha value is -1.00. The van der Waals surface area contributed by atoms with Gasteiger partial charge >= 0.3 is 12.3 Å². The summed E-state index contributed by atoms with van der Waals surface area (Å²) >= 11 is 0. The van der Waals surface area contributed by atoms with Crippen LogP contribution in [0.15, 0.2) is 5.10 Å². The fraction of sp³-hybridized carbons (Fsp3) is 0.750. The van der Waals surface area contributed by atoms with Crippen molar-refractivity contribution >= 4 is 11.6 Å². The molecule has 74 valence electrons. The zero-order chi connectivity index (χ0) is 9.84. The minimum atomic E-state index is -2.98. The van der Waals surface area contributed by atoms with E-state index in [1.165, 1.54) is 0 Å². The zero-order valence-electron chi connectivity index (χ0n) is 7.39. The van der Waals surface area contributed by atoms with Gasteiger partial charge in [-0.3, -0.25) is 4.79 Å². The highest BCUT2D eigenvalue weighted by molar-refractivity contribution is 5.92. The molecule has 0 heterocycles. The number of alkyl halides is 2. The third-order valence-corrected chi connectivity index (χ3v) is 2.22. The summed E-state index contributed by atoms with van der Waals surface area (Å²) in [7, 11) is 0. The molecular weight excluding hydrogens is 178 g/mol. The first kappa shape index (κ1) is 10.1. The molecule has 1 aliphatic rings. The number of rotatable bonds is 3. The van der Waals surface area contributed by atoms with E-state index >= 15 is 0 Å². The van der Waals surface area contributed by atoms with Gasteiger partial charge in [0.1, 0.15) is 0 Å². The van der Waals surface area contributed by atoms with Crippen LogP contribution in [0.4, 0.5) is 8.78 Å². The fourth-order valence-electron chi connectivity index (χ4n) is 1.24. The molecule has 0 bridgehead atoms. The van der Waals surface area contributed by atoms with Gasteiger partial charge in [0.2, 0.25) is 0 Å². The molecule has 1 amide bonds. The molecule has 1 N–H and O–H groups in total. The fourth-order valence-corrected chi connectivity index (χ4v) is 1.24. The van der Waals surface area contributed by atoms with Crippen molar-refractivity contribution in [3.8, 4) is 0 Å². The molecule has 1 unspecified atom stereocenters. The topological polar surface area (TPSA) is 41.5 Å². The lowest BCUT2D eigenvalue weighted by molar-refractivity contribution is -0.131. The number of hydrazone groups is 1. The van der Waals surface area contributed by atoms with Crippen LogP contribution in [0.1, 0.15) is 26.2 Å². The molecule has 0 spiro atoms. The smallest absolute Gasteiger partial charge is 0.266 e. The van der Waals surface area contributed by atoms with Crippen LogP contribution >= 0.6 is 0 Å². The standard InChI is InChI=1S/C8H12F2N2O/c1-2-5-3-4-6(5)11-12-8(13)7(9)10/h5,7H,2-4H2,1H3,(H,12,13)/b11-6+. The van der Waals surface area contributed by atoms with Crippen molar-refractivity contribution in [1.29, 1.82) is 0 Å². The lowest BCUT2D eigenvalue weighted by atomic mass is 9.81. The van der Waals surface area contributed by atoms with Crippen LogP contribution in [0.25, 0.3) is 0 Å². The Balaban J connectivity index is 2.36. The third kappa shape index (κ3) is 2.47. The second-order valence-corrected chi connectivity index (χ2v) is 3.02. The van der Waals surface area contributed by atoms with Gasteiger partial charge in [0, 0.05) is 5.71 Å². The summed E-state index contributed by atoms with van der Waals surface area (Å²) in [4.78, 5) is 10.4. The zero-order valence-corrected chi connectivity index (χ0v) is 7.39. The lowest BCUT2D eigenvalue weighted by Gasteiger charge is -2.26. The van der Waals surface area contributed by atoms with Gasteiger partial charge in [0.25, 0.3) is 0 Å². The Morgan fingerprint density at radius 2 is 2.46 bits per heavy atom. The van der Waals surface area contributed by atoms with Gasteiger partial charge in [0.05, 0.1) is 0 Å². The van der Waals surface area contributed by atoms with E-state index < -0.39 is 12.3 Å². The summed E-state index contributed by atoms with van der Waals surface area (Å²) < 4.78 is 23.4. The number of carbonyl (C=O) groups is 1. The number of amides is 1. The van der Waals surface area contributed by atoms with Crippen molar-refractivity contribution in [1.82, 2.24) is 5.43 Å². The van der Waals surface area contributed by atoms with Gasteiger partial charge < -0.3 is 0 Å². The average molecular weight is 190 g/mol. The molecule has 1 aliphatic carbocycles. The first-order chi connectivity index (χ1) is 6.15. The molecule has 3 nitrogen and oxygen atoms in total. The number of carbonyl (C=O) groups excluding carboxylic acids is 1. The van der Waals surface area contributed by atoms with Crippen molar-refractivity contribution in [2.24, 2.45) is 11.0 Å². The minimum Gasteiger partial charge on any atom is -0.266 e. The maximum atomic E-state index is 11.7. The van der Waals surface area contributed by atoms with Gasteiger partial charge in [-0.2, -0.15) is 13.9 Å². The highest BCUT2D eigenvalue weighted by Gasteiger charge is 2.24. The first-order valence-electron chi connectivity index (χ1n) is 4.29. The molecule has 0 radical (unpaired) electrons. The number of hydrogen-bond acceptors (Lipinski definition) is 2. The first-order valence-corrected chi connectivity index (χ1v) is 4.29. The molecule has 1 saturated carbocycles. The number of halogens is 2. The molecule has 0 aromatic rings. The van der Waals surface area contributed by atoms with Crippen molar-refractivity contribution in [3.63, 3.8) is 0 Å². The van der Waals surface area contributed by atoms with Crippen molar-refractivity contribution < 1.29 is 13.6 Å². The van der Waals surface area contributed by atoms with Crippen LogP contribution < -0.4 is 5.43 Å². The van der Waals surface area contributed by atoms with Gasteiger partial charge in [-0.25, -0.2) is 5.43 Å². The van der Waals surface area contributed by atoms with Crippen LogP contribution in [-0.2, 0) is 4.79 Å². The SMILES string of the molecule is CCC1CC/C1=N\NC(=O)C(F)F. The van der Waals surface area contributed by atoms with Crippen molar-refractivity contribution in [3.05, 3.63) is 0 Å². The lowest BCUT2D eigenvalue weighted by Crippen LogP contribution is -2.32. The molecule has 0 aliphatic heterocycles. The molecule has 1 fully saturated rings. The summed E-state index contributed by atoms with van der Waals surface area (Å²) in [6.07, 6.45) is -0.185. The summed E-state index contributed by atoms with van der Waals surface area (Å²) in [6, 6.07) is 0. The quantitative estimate of drug-likeness (QED) is 0.674. The normalized spacial score (nSPS) is 24.6. The number of nitrogens with zero attached hydrogens (tertiary/aromatic N) is 1. The van der Waals surface area contributed by atoms with Crippen molar-refractivity contribution in [2.45, 2.75) is 32.6 Å². The predicted octanol–water partition coefficient (Wildman–Crippen LogP) is 1.54. The molecule has 1 rings (SSSR count). The van der Waals surface area contributed by atoms with E-state index in [4.69, 9.17) is 0 Å². The highest BCUT2D eigenvalue weighted by atomic mass is 19.3. The monoisotopic (exact) mass is 190 g/mol. The second kappa shape index (κ2) is 4.30. The Kier molecular flexibility index (Phi) is 3.33. The summed E-state index contributed by atoms with van der Waals surface area (Å²) in [5.41, 5.74) is 2.68. The van der Waals surface area contributed by atoms with Gasteiger partial charge in [-0.15, -0.1) is 0 Å². The second-order valence-electron chi connectivity index (χ2n) is 3.02. The van der Waals surface area contributed by atoms with E-state index in [1.54, 1.807) is 0 Å². The van der Waals surface area contributed by atoms with Crippen LogP contribution in [0, 0.1) is 5.92 Å². The number of hydrogen-bond donors (Lipinski definition) is 1. The molecule has 5 heteroatoms. The predicted molar refractivity (Wildman–Crippen MR) is 44.6 cm³/mol. The summed E-state index contributed by atoms with van der Waals surface area (Å²) in [5, 5.41) is 3.64. The van der Waals surface area contributed by atoms with Crippen LogP contribution in [-0.4, -0.2) is 18.0 Å². The average Bonchev–Trinajstić information content (AvgIpc) is 2.03. The van der Waals surface area contributed by atoms with E-state index in [0.717, 1.165) is 25.0 Å². The number of nitrogens with one attached hydrogen (secondary N) is 1. The maximum absolute atomic E-state index is 11.7. The van der Waals surface area contributed by atoms with Crippen LogP contribution in [0.3, 0.4) is 0 Å². The Morgan fingerprint density at radius 3 is 2.85 bits per heavy atom. The molecule has 1 atom stereocenters.